The van der Waals surface area contributed by atoms with Gasteiger partial charge < -0.3 is 18.8 Å². The number of rotatable bonds is 5. The average Bonchev–Trinajstić information content (AvgIpc) is 3.37. The number of nitrogens with zero attached hydrogens (tertiary/aromatic N) is 2. The second-order valence-corrected chi connectivity index (χ2v) is 6.36. The quantitative estimate of drug-likeness (QED) is 0.687. The third-order valence-electron chi connectivity index (χ3n) is 4.90. The van der Waals surface area contributed by atoms with Gasteiger partial charge in [0.1, 0.15) is 11.5 Å². The van der Waals surface area contributed by atoms with Crippen LogP contribution in [0.4, 0.5) is 5.69 Å². The third-order valence-corrected chi connectivity index (χ3v) is 4.90. The summed E-state index contributed by atoms with van der Waals surface area (Å²) in [6.07, 6.45) is 3.78. The molecular formula is C21H20N2O4. The Labute approximate surface area is 157 Å². The van der Waals surface area contributed by atoms with E-state index in [4.69, 9.17) is 13.9 Å². The summed E-state index contributed by atoms with van der Waals surface area (Å²) in [5, 5.41) is 0. The van der Waals surface area contributed by atoms with E-state index in [0.29, 0.717) is 18.1 Å². The van der Waals surface area contributed by atoms with Gasteiger partial charge in [0.05, 0.1) is 31.9 Å². The largest absolute Gasteiger partial charge is 0.497 e. The number of methoxy groups -OCH3 is 2. The summed E-state index contributed by atoms with van der Waals surface area (Å²) < 4.78 is 16.2. The molecule has 3 aromatic rings. The van der Waals surface area contributed by atoms with Crippen LogP contribution in [0.25, 0.3) is 11.3 Å². The number of ether oxygens (including phenoxy) is 2. The first kappa shape index (κ1) is 17.1. The van der Waals surface area contributed by atoms with E-state index in [1.54, 1.807) is 25.3 Å². The van der Waals surface area contributed by atoms with E-state index in [1.807, 2.05) is 42.5 Å². The zero-order chi connectivity index (χ0) is 18.8. The Bertz CT molecular complexity index is 953. The van der Waals surface area contributed by atoms with Crippen LogP contribution in [-0.2, 0) is 4.79 Å². The predicted molar refractivity (Wildman–Crippen MR) is 101 cm³/mol. The van der Waals surface area contributed by atoms with Crippen molar-refractivity contribution in [2.75, 3.05) is 25.7 Å². The van der Waals surface area contributed by atoms with E-state index in [1.165, 1.54) is 6.39 Å². The molecule has 1 aliphatic heterocycles. The number of oxazole rings is 1. The first-order valence-corrected chi connectivity index (χ1v) is 8.73. The molecule has 2 heterocycles. The van der Waals surface area contributed by atoms with Crippen molar-refractivity contribution in [1.82, 2.24) is 4.98 Å². The fourth-order valence-corrected chi connectivity index (χ4v) is 3.50. The van der Waals surface area contributed by atoms with Crippen LogP contribution in [0.2, 0.25) is 0 Å². The van der Waals surface area contributed by atoms with E-state index in [2.05, 4.69) is 4.98 Å². The van der Waals surface area contributed by atoms with Crippen LogP contribution in [0.15, 0.2) is 59.5 Å². The van der Waals surface area contributed by atoms with Gasteiger partial charge in [0.2, 0.25) is 5.91 Å². The van der Waals surface area contributed by atoms with Crippen molar-refractivity contribution in [2.45, 2.75) is 12.3 Å². The van der Waals surface area contributed by atoms with E-state index >= 15 is 0 Å². The van der Waals surface area contributed by atoms with Crippen molar-refractivity contribution in [3.05, 3.63) is 60.6 Å². The van der Waals surface area contributed by atoms with Gasteiger partial charge >= 0.3 is 0 Å². The molecule has 1 fully saturated rings. The van der Waals surface area contributed by atoms with Crippen molar-refractivity contribution in [3.63, 3.8) is 0 Å². The Morgan fingerprint density at radius 2 is 2.04 bits per heavy atom. The topological polar surface area (TPSA) is 64.8 Å². The molecule has 0 unspecified atom stereocenters. The highest BCUT2D eigenvalue weighted by Gasteiger charge is 2.34. The molecule has 0 saturated carbocycles. The van der Waals surface area contributed by atoms with Crippen LogP contribution < -0.4 is 14.4 Å². The zero-order valence-corrected chi connectivity index (χ0v) is 15.2. The highest BCUT2D eigenvalue weighted by Crippen LogP contribution is 2.37. The molecule has 1 amide bonds. The summed E-state index contributed by atoms with van der Waals surface area (Å²) in [7, 11) is 3.23. The Morgan fingerprint density at radius 3 is 2.78 bits per heavy atom. The number of hydrogen-bond acceptors (Lipinski definition) is 5. The maximum absolute atomic E-state index is 13.0. The minimum absolute atomic E-state index is 0.0812. The van der Waals surface area contributed by atoms with Gasteiger partial charge in [-0.15, -0.1) is 0 Å². The number of anilines is 1. The summed E-state index contributed by atoms with van der Waals surface area (Å²) in [6, 6.07) is 13.4. The fraction of sp³-hybridized carbons (Fsp3) is 0.238. The van der Waals surface area contributed by atoms with Crippen LogP contribution in [-0.4, -0.2) is 31.7 Å². The molecule has 2 aromatic carbocycles. The van der Waals surface area contributed by atoms with Crippen molar-refractivity contribution in [2.24, 2.45) is 0 Å². The first-order valence-electron chi connectivity index (χ1n) is 8.73. The van der Waals surface area contributed by atoms with Crippen LogP contribution in [0.1, 0.15) is 17.9 Å². The van der Waals surface area contributed by atoms with Crippen molar-refractivity contribution >= 4 is 11.6 Å². The van der Waals surface area contributed by atoms with Crippen LogP contribution in [0.3, 0.4) is 0 Å². The molecule has 1 atom stereocenters. The number of aromatic nitrogens is 1. The van der Waals surface area contributed by atoms with Gasteiger partial charge in [-0.2, -0.15) is 0 Å². The van der Waals surface area contributed by atoms with Crippen LogP contribution in [0, 0.1) is 0 Å². The highest BCUT2D eigenvalue weighted by molar-refractivity contribution is 6.00. The average molecular weight is 364 g/mol. The second kappa shape index (κ2) is 7.15. The third kappa shape index (κ3) is 3.14. The number of carbonyl (C=O) groups is 1. The lowest BCUT2D eigenvalue weighted by atomic mass is 9.97. The summed E-state index contributed by atoms with van der Waals surface area (Å²) in [4.78, 5) is 18.8. The maximum Gasteiger partial charge on any atom is 0.234 e. The standard InChI is InChI=1S/C21H20N2O4/c1-25-16-5-3-4-14(10-16)17-8-9-23(21(17)24)15-6-7-18(19(11-15)26-2)20-12-22-13-27-20/h3-7,10-13,17H,8-9H2,1-2H3/t17-/m0/s1. The molecule has 0 radical (unpaired) electrons. The summed E-state index contributed by atoms with van der Waals surface area (Å²) in [5.41, 5.74) is 2.59. The normalized spacial score (nSPS) is 16.6. The Kier molecular flexibility index (Phi) is 4.54. The van der Waals surface area contributed by atoms with Gasteiger partial charge in [0.15, 0.2) is 12.2 Å². The molecule has 0 aliphatic carbocycles. The molecule has 1 aliphatic rings. The lowest BCUT2D eigenvalue weighted by Crippen LogP contribution is -2.26. The molecule has 0 bridgehead atoms. The summed E-state index contributed by atoms with van der Waals surface area (Å²) in [6.45, 7) is 0.658. The summed E-state index contributed by atoms with van der Waals surface area (Å²) in [5.74, 6) is 1.94. The fourth-order valence-electron chi connectivity index (χ4n) is 3.50. The van der Waals surface area contributed by atoms with Crippen molar-refractivity contribution in [1.29, 1.82) is 0 Å². The van der Waals surface area contributed by atoms with Gasteiger partial charge in [-0.1, -0.05) is 12.1 Å². The molecule has 0 spiro atoms. The molecule has 138 valence electrons. The van der Waals surface area contributed by atoms with Crippen molar-refractivity contribution < 1.29 is 18.7 Å². The number of amides is 1. The number of hydrogen-bond donors (Lipinski definition) is 0. The Morgan fingerprint density at radius 1 is 1.15 bits per heavy atom. The first-order chi connectivity index (χ1) is 13.2. The SMILES string of the molecule is COc1cccc([C@@H]2CCN(c3ccc(-c4cnco4)c(OC)c3)C2=O)c1. The van der Waals surface area contributed by atoms with Gasteiger partial charge in [-0.05, 0) is 36.2 Å². The highest BCUT2D eigenvalue weighted by atomic mass is 16.5. The van der Waals surface area contributed by atoms with Gasteiger partial charge in [0, 0.05) is 18.3 Å². The van der Waals surface area contributed by atoms with E-state index in [-0.39, 0.29) is 11.8 Å². The van der Waals surface area contributed by atoms with E-state index < -0.39 is 0 Å². The molecular weight excluding hydrogens is 344 g/mol. The minimum Gasteiger partial charge on any atom is -0.497 e. The van der Waals surface area contributed by atoms with E-state index in [0.717, 1.165) is 29.0 Å². The second-order valence-electron chi connectivity index (χ2n) is 6.36. The molecule has 1 saturated heterocycles. The predicted octanol–water partition coefficient (Wildman–Crippen LogP) is 3.88. The molecule has 4 rings (SSSR count). The molecule has 0 N–H and O–H groups in total. The number of benzene rings is 2. The molecule has 6 heteroatoms. The maximum atomic E-state index is 13.0. The van der Waals surface area contributed by atoms with Gasteiger partial charge in [0.25, 0.3) is 0 Å². The molecule has 1 aromatic heterocycles. The Hall–Kier alpha value is -3.28. The van der Waals surface area contributed by atoms with Gasteiger partial charge in [-0.25, -0.2) is 4.98 Å². The monoisotopic (exact) mass is 364 g/mol. The van der Waals surface area contributed by atoms with Crippen LogP contribution >= 0.6 is 0 Å². The lowest BCUT2D eigenvalue weighted by molar-refractivity contribution is -0.118. The Balaban J connectivity index is 1.61. The van der Waals surface area contributed by atoms with E-state index in [9.17, 15) is 4.79 Å². The summed E-state index contributed by atoms with van der Waals surface area (Å²) >= 11 is 0. The van der Waals surface area contributed by atoms with Crippen molar-refractivity contribution in [3.8, 4) is 22.8 Å². The van der Waals surface area contributed by atoms with Gasteiger partial charge in [-0.3, -0.25) is 4.79 Å². The van der Waals surface area contributed by atoms with Crippen LogP contribution in [0.5, 0.6) is 11.5 Å². The molecule has 27 heavy (non-hydrogen) atoms. The minimum atomic E-state index is -0.167. The zero-order valence-electron chi connectivity index (χ0n) is 15.2. The smallest absolute Gasteiger partial charge is 0.234 e. The molecule has 6 nitrogen and oxygen atoms in total. The number of carbonyl (C=O) groups excluding carboxylic acids is 1. The lowest BCUT2D eigenvalue weighted by Gasteiger charge is -2.19.